The molecule has 17 heavy (non-hydrogen) atoms. The highest BCUT2D eigenvalue weighted by atomic mass is 31.2. The molecule has 0 heterocycles. The maximum Gasteiger partial charge on any atom is 0.325 e. The zero-order chi connectivity index (χ0) is 12.9. The minimum atomic E-state index is -3.77. The summed E-state index contributed by atoms with van der Waals surface area (Å²) in [7, 11) is -5.27. The Morgan fingerprint density at radius 1 is 1.12 bits per heavy atom. The van der Waals surface area contributed by atoms with Gasteiger partial charge in [-0.2, -0.15) is 0 Å². The van der Waals surface area contributed by atoms with Crippen LogP contribution in [0.4, 0.5) is 0 Å². The molecular formula is C10H22O5P2. The monoisotopic (exact) mass is 284 g/mol. The molecule has 2 aliphatic carbocycles. The molecule has 2 rings (SSSR count). The van der Waals surface area contributed by atoms with Gasteiger partial charge in [0.15, 0.2) is 8.69 Å². The molecule has 0 bridgehead atoms. The molecule has 0 aromatic rings. The highest BCUT2D eigenvalue weighted by Crippen LogP contribution is 2.49. The van der Waals surface area contributed by atoms with Crippen LogP contribution < -0.4 is 0 Å². The van der Waals surface area contributed by atoms with Crippen molar-refractivity contribution in [3.63, 3.8) is 0 Å². The van der Waals surface area contributed by atoms with Crippen molar-refractivity contribution < 1.29 is 23.8 Å². The average Bonchev–Trinajstić information content (AvgIpc) is 2.57. The summed E-state index contributed by atoms with van der Waals surface area (Å²) in [6, 6.07) is 0. The predicted octanol–water partition coefficient (Wildman–Crippen LogP) is 2.03. The molecule has 5 nitrogen and oxygen atoms in total. The van der Waals surface area contributed by atoms with Crippen LogP contribution in [-0.4, -0.2) is 20.8 Å². The molecule has 2 aliphatic rings. The zero-order valence-electron chi connectivity index (χ0n) is 9.86. The van der Waals surface area contributed by atoms with Gasteiger partial charge in [-0.1, -0.05) is 25.7 Å². The van der Waals surface area contributed by atoms with Gasteiger partial charge < -0.3 is 14.7 Å². The van der Waals surface area contributed by atoms with Crippen LogP contribution >= 0.6 is 16.3 Å². The molecule has 0 saturated heterocycles. The Kier molecular flexibility index (Phi) is 6.39. The maximum absolute atomic E-state index is 10.9. The van der Waals surface area contributed by atoms with Crippen LogP contribution in [0, 0.1) is 17.8 Å². The first kappa shape index (κ1) is 15.4. The number of fused-ring (bicyclic) bond motifs is 1. The summed E-state index contributed by atoms with van der Waals surface area (Å²) in [6.07, 6.45) is 7.49. The Hall–Kier alpha value is 0.340. The van der Waals surface area contributed by atoms with Gasteiger partial charge in [0.25, 0.3) is 0 Å². The molecule has 3 unspecified atom stereocenters. The van der Waals surface area contributed by atoms with Crippen LogP contribution in [0.5, 0.6) is 0 Å². The van der Waals surface area contributed by atoms with Crippen molar-refractivity contribution in [2.45, 2.75) is 38.5 Å². The van der Waals surface area contributed by atoms with Crippen molar-refractivity contribution in [3.05, 3.63) is 0 Å². The molecule has 2 fully saturated rings. The second kappa shape index (κ2) is 7.06. The Bertz CT molecular complexity index is 276. The van der Waals surface area contributed by atoms with Gasteiger partial charge in [0.05, 0.1) is 6.16 Å². The molecule has 2 saturated carbocycles. The van der Waals surface area contributed by atoms with Crippen molar-refractivity contribution in [2.24, 2.45) is 17.8 Å². The van der Waals surface area contributed by atoms with E-state index in [2.05, 4.69) is 0 Å². The second-order valence-electron chi connectivity index (χ2n) is 5.09. The maximum atomic E-state index is 10.9. The largest absolute Gasteiger partial charge is 0.348 e. The Balaban J connectivity index is 0.000000437. The molecule has 0 aliphatic heterocycles. The number of rotatable bonds is 2. The molecule has 0 spiro atoms. The highest BCUT2D eigenvalue weighted by Gasteiger charge is 2.37. The van der Waals surface area contributed by atoms with Crippen LogP contribution in [-0.2, 0) is 9.13 Å². The van der Waals surface area contributed by atoms with Gasteiger partial charge in [0.2, 0.25) is 0 Å². The van der Waals surface area contributed by atoms with E-state index in [1.54, 1.807) is 0 Å². The summed E-state index contributed by atoms with van der Waals surface area (Å²) in [5.74, 6) is 1.85. The van der Waals surface area contributed by atoms with E-state index in [4.69, 9.17) is 19.2 Å². The summed E-state index contributed by atoms with van der Waals surface area (Å²) in [5, 5.41) is 0. The van der Waals surface area contributed by atoms with Gasteiger partial charge in [-0.3, -0.25) is 9.13 Å². The lowest BCUT2D eigenvalue weighted by Gasteiger charge is -2.24. The topological polar surface area (TPSA) is 94.8 Å². The molecule has 0 radical (unpaired) electrons. The smallest absolute Gasteiger partial charge is 0.325 e. The van der Waals surface area contributed by atoms with Crippen molar-refractivity contribution in [3.8, 4) is 0 Å². The van der Waals surface area contributed by atoms with E-state index in [1.165, 1.54) is 25.7 Å². The third-order valence-electron chi connectivity index (χ3n) is 3.83. The van der Waals surface area contributed by atoms with Crippen molar-refractivity contribution >= 4 is 16.3 Å². The fraction of sp³-hybridized carbons (Fsp3) is 1.00. The van der Waals surface area contributed by atoms with Gasteiger partial charge >= 0.3 is 7.60 Å². The quantitative estimate of drug-likeness (QED) is 0.674. The number of hydrogen-bond acceptors (Lipinski definition) is 2. The predicted molar refractivity (Wildman–Crippen MR) is 67.7 cm³/mol. The van der Waals surface area contributed by atoms with Gasteiger partial charge in [0.1, 0.15) is 0 Å². The first-order valence-corrected chi connectivity index (χ1v) is 8.87. The van der Waals surface area contributed by atoms with Gasteiger partial charge in [-0.25, -0.2) is 0 Å². The first-order chi connectivity index (χ1) is 7.96. The fourth-order valence-electron chi connectivity index (χ4n) is 3.34. The van der Waals surface area contributed by atoms with E-state index in [1.807, 2.05) is 0 Å². The lowest BCUT2D eigenvalue weighted by molar-refractivity contribution is 0.277. The summed E-state index contributed by atoms with van der Waals surface area (Å²) in [4.78, 5) is 24.9. The van der Waals surface area contributed by atoms with E-state index in [-0.39, 0.29) is 6.16 Å². The molecule has 0 aromatic carbocycles. The minimum absolute atomic E-state index is 0.125. The lowest BCUT2D eigenvalue weighted by atomic mass is 9.82. The van der Waals surface area contributed by atoms with Crippen molar-refractivity contribution in [2.75, 3.05) is 6.16 Å². The SMILES string of the molecule is O=P(O)(O)CC1CC2CCCCC2C1.O=[PH2]O. The summed E-state index contributed by atoms with van der Waals surface area (Å²) in [6.45, 7) is 0. The third-order valence-corrected chi connectivity index (χ3v) is 4.83. The van der Waals surface area contributed by atoms with Crippen LogP contribution in [0.2, 0.25) is 0 Å². The third kappa shape index (κ3) is 5.67. The molecule has 7 heteroatoms. The Labute approximate surface area is 103 Å². The lowest BCUT2D eigenvalue weighted by Crippen LogP contribution is -2.12. The van der Waals surface area contributed by atoms with Gasteiger partial charge in [-0.15, -0.1) is 0 Å². The number of hydrogen-bond donors (Lipinski definition) is 3. The molecule has 0 amide bonds. The van der Waals surface area contributed by atoms with E-state index < -0.39 is 16.3 Å². The summed E-state index contributed by atoms with van der Waals surface area (Å²) in [5.41, 5.74) is 0. The fourth-order valence-corrected chi connectivity index (χ4v) is 4.31. The molecular weight excluding hydrogens is 262 g/mol. The van der Waals surface area contributed by atoms with E-state index >= 15 is 0 Å². The highest BCUT2D eigenvalue weighted by molar-refractivity contribution is 7.51. The molecule has 0 aromatic heterocycles. The molecule has 3 N–H and O–H groups in total. The average molecular weight is 284 g/mol. The molecule has 3 atom stereocenters. The van der Waals surface area contributed by atoms with E-state index in [0.29, 0.717) is 5.92 Å². The van der Waals surface area contributed by atoms with Crippen molar-refractivity contribution in [1.29, 1.82) is 0 Å². The standard InChI is InChI=1S/C10H19O3P.H3O2P/c11-14(12,13)7-8-5-9-3-1-2-4-10(9)6-8;1-3-2/h8-10H,1-7H2,(H2,11,12,13);3H2,(H,1,2). The second-order valence-corrected chi connectivity index (χ2v) is 7.00. The van der Waals surface area contributed by atoms with Gasteiger partial charge in [-0.05, 0) is 30.6 Å². The normalized spacial score (nSPS) is 33.2. The first-order valence-electron chi connectivity index (χ1n) is 6.08. The van der Waals surface area contributed by atoms with Crippen LogP contribution in [0.3, 0.4) is 0 Å². The molecule has 102 valence electrons. The Morgan fingerprint density at radius 3 is 1.88 bits per heavy atom. The summed E-state index contributed by atoms with van der Waals surface area (Å²) >= 11 is 0. The van der Waals surface area contributed by atoms with Crippen LogP contribution in [0.25, 0.3) is 0 Å². The van der Waals surface area contributed by atoms with Crippen molar-refractivity contribution in [1.82, 2.24) is 0 Å². The zero-order valence-corrected chi connectivity index (χ0v) is 11.9. The van der Waals surface area contributed by atoms with Crippen LogP contribution in [0.15, 0.2) is 0 Å². The summed E-state index contributed by atoms with van der Waals surface area (Å²) < 4.78 is 19.5. The minimum Gasteiger partial charge on any atom is -0.348 e. The van der Waals surface area contributed by atoms with Crippen LogP contribution in [0.1, 0.15) is 38.5 Å². The van der Waals surface area contributed by atoms with E-state index in [9.17, 15) is 4.57 Å². The Morgan fingerprint density at radius 2 is 1.53 bits per heavy atom. The van der Waals surface area contributed by atoms with Gasteiger partial charge in [0, 0.05) is 0 Å². The van der Waals surface area contributed by atoms with E-state index in [0.717, 1.165) is 24.7 Å².